The summed E-state index contributed by atoms with van der Waals surface area (Å²) in [4.78, 5) is 14.8. The van der Waals surface area contributed by atoms with Crippen molar-refractivity contribution in [2.75, 3.05) is 7.11 Å². The van der Waals surface area contributed by atoms with Crippen molar-refractivity contribution in [1.82, 2.24) is 0 Å². The number of hydrogen-bond acceptors (Lipinski definition) is 3. The van der Waals surface area contributed by atoms with Crippen LogP contribution in [0, 0.1) is 0 Å². The molecule has 0 atom stereocenters. The minimum Gasteiger partial charge on any atom is -0.497 e. The van der Waals surface area contributed by atoms with Crippen LogP contribution in [0.25, 0.3) is 16.5 Å². The molecule has 0 bridgehead atoms. The molecule has 0 aliphatic heterocycles. The molecule has 0 unspecified atom stereocenters. The van der Waals surface area contributed by atoms with Gasteiger partial charge in [0.05, 0.1) is 7.11 Å². The van der Waals surface area contributed by atoms with Crippen molar-refractivity contribution in [2.45, 2.75) is 0 Å². The van der Waals surface area contributed by atoms with Crippen LogP contribution in [0.2, 0.25) is 0 Å². The monoisotopic (exact) mass is 279 g/mol. The Balaban J connectivity index is 2.12. The molecule has 5 heteroatoms. The van der Waals surface area contributed by atoms with E-state index in [4.69, 9.17) is 10.3 Å². The van der Waals surface area contributed by atoms with Crippen molar-refractivity contribution in [3.05, 3.63) is 76.2 Å². The highest BCUT2D eigenvalue weighted by Crippen LogP contribution is 2.16. The SMILES string of the molecule is COc1cccc(C(=O)C=Cc2ccc(N=[N+]=[N-])cc2)c1. The first kappa shape index (κ1) is 14.4. The zero-order valence-electron chi connectivity index (χ0n) is 11.4. The molecule has 2 aromatic rings. The van der Waals surface area contributed by atoms with Crippen molar-refractivity contribution in [1.29, 1.82) is 0 Å². The predicted octanol–water partition coefficient (Wildman–Crippen LogP) is 4.53. The Morgan fingerprint density at radius 1 is 1.24 bits per heavy atom. The Hall–Kier alpha value is -3.04. The minimum absolute atomic E-state index is 0.104. The standard InChI is InChI=1S/C16H13N3O2/c1-21-15-4-2-3-13(11-15)16(20)10-7-12-5-8-14(9-6-12)18-19-17/h2-11H,1H3. The van der Waals surface area contributed by atoms with Crippen LogP contribution in [0.3, 0.4) is 0 Å². The number of azide groups is 1. The predicted molar refractivity (Wildman–Crippen MR) is 81.6 cm³/mol. The molecule has 0 N–H and O–H groups in total. The molecule has 0 aliphatic rings. The summed E-state index contributed by atoms with van der Waals surface area (Å²) >= 11 is 0. The normalized spacial score (nSPS) is 10.1. The van der Waals surface area contributed by atoms with Gasteiger partial charge in [-0.2, -0.15) is 0 Å². The van der Waals surface area contributed by atoms with Gasteiger partial charge in [0.2, 0.25) is 0 Å². The molecule has 104 valence electrons. The maximum absolute atomic E-state index is 12.0. The van der Waals surface area contributed by atoms with Crippen LogP contribution in [0.5, 0.6) is 5.75 Å². The van der Waals surface area contributed by atoms with Crippen molar-refractivity contribution < 1.29 is 9.53 Å². The first-order chi connectivity index (χ1) is 10.2. The van der Waals surface area contributed by atoms with E-state index < -0.39 is 0 Å². The summed E-state index contributed by atoms with van der Waals surface area (Å²) in [6, 6.07) is 13.9. The van der Waals surface area contributed by atoms with E-state index in [0.29, 0.717) is 17.0 Å². The third-order valence-corrected chi connectivity index (χ3v) is 2.83. The molecule has 0 spiro atoms. The van der Waals surface area contributed by atoms with Gasteiger partial charge < -0.3 is 4.74 Å². The van der Waals surface area contributed by atoms with Gasteiger partial charge in [0, 0.05) is 16.2 Å². The fourth-order valence-corrected chi connectivity index (χ4v) is 1.75. The van der Waals surface area contributed by atoms with E-state index in [1.54, 1.807) is 61.7 Å². The number of rotatable bonds is 5. The Labute approximate surface area is 122 Å². The van der Waals surface area contributed by atoms with Crippen molar-refractivity contribution >= 4 is 17.5 Å². The largest absolute Gasteiger partial charge is 0.497 e. The molecule has 2 rings (SSSR count). The molecular formula is C16H13N3O2. The summed E-state index contributed by atoms with van der Waals surface area (Å²) < 4.78 is 5.09. The lowest BCUT2D eigenvalue weighted by Gasteiger charge is -2.01. The number of carbonyl (C=O) groups is 1. The molecule has 0 saturated heterocycles. The number of carbonyl (C=O) groups excluding carboxylic acids is 1. The lowest BCUT2D eigenvalue weighted by molar-refractivity contribution is 0.104. The fraction of sp³-hybridized carbons (Fsp3) is 0.0625. The van der Waals surface area contributed by atoms with Gasteiger partial charge in [-0.1, -0.05) is 47.6 Å². The minimum atomic E-state index is -0.104. The van der Waals surface area contributed by atoms with Crippen molar-refractivity contribution in [3.8, 4) is 5.75 Å². The average Bonchev–Trinajstić information content (AvgIpc) is 2.54. The average molecular weight is 279 g/mol. The molecule has 0 saturated carbocycles. The van der Waals surface area contributed by atoms with Crippen LogP contribution in [0.4, 0.5) is 5.69 Å². The molecule has 21 heavy (non-hydrogen) atoms. The second-order valence-corrected chi connectivity index (χ2v) is 4.21. The van der Waals surface area contributed by atoms with Crippen LogP contribution < -0.4 is 4.74 Å². The van der Waals surface area contributed by atoms with Gasteiger partial charge in [-0.15, -0.1) is 0 Å². The van der Waals surface area contributed by atoms with Gasteiger partial charge >= 0.3 is 0 Å². The molecule has 0 aliphatic carbocycles. The number of allylic oxidation sites excluding steroid dienone is 1. The number of ketones is 1. The first-order valence-corrected chi connectivity index (χ1v) is 6.24. The Morgan fingerprint density at radius 3 is 2.67 bits per heavy atom. The number of benzene rings is 2. The number of hydrogen-bond donors (Lipinski definition) is 0. The Bertz CT molecular complexity index is 715. The molecule has 0 amide bonds. The highest BCUT2D eigenvalue weighted by atomic mass is 16.5. The zero-order chi connectivity index (χ0) is 15.1. The van der Waals surface area contributed by atoms with E-state index in [1.165, 1.54) is 6.08 Å². The second kappa shape index (κ2) is 6.93. The maximum atomic E-state index is 12.0. The lowest BCUT2D eigenvalue weighted by Crippen LogP contribution is -1.94. The van der Waals surface area contributed by atoms with E-state index in [-0.39, 0.29) is 5.78 Å². The second-order valence-electron chi connectivity index (χ2n) is 4.21. The van der Waals surface area contributed by atoms with E-state index in [2.05, 4.69) is 10.0 Å². The van der Waals surface area contributed by atoms with Crippen molar-refractivity contribution in [2.24, 2.45) is 5.11 Å². The number of nitrogens with zero attached hydrogens (tertiary/aromatic N) is 3. The topological polar surface area (TPSA) is 75.1 Å². The van der Waals surface area contributed by atoms with E-state index in [1.807, 2.05) is 0 Å². The molecular weight excluding hydrogens is 266 g/mol. The van der Waals surface area contributed by atoms with E-state index >= 15 is 0 Å². The maximum Gasteiger partial charge on any atom is 0.185 e. The molecule has 0 aromatic heterocycles. The van der Waals surface area contributed by atoms with Gasteiger partial charge in [0.15, 0.2) is 5.78 Å². The third kappa shape index (κ3) is 3.96. The summed E-state index contributed by atoms with van der Waals surface area (Å²) in [5.74, 6) is 0.543. The summed E-state index contributed by atoms with van der Waals surface area (Å²) in [7, 11) is 1.56. The van der Waals surface area contributed by atoms with Crippen LogP contribution >= 0.6 is 0 Å². The summed E-state index contributed by atoms with van der Waals surface area (Å²) in [5, 5.41) is 3.49. The highest BCUT2D eigenvalue weighted by Gasteiger charge is 2.02. The zero-order valence-corrected chi connectivity index (χ0v) is 11.4. The van der Waals surface area contributed by atoms with Crippen LogP contribution in [-0.2, 0) is 0 Å². The van der Waals surface area contributed by atoms with Gasteiger partial charge in [-0.25, -0.2) is 0 Å². The third-order valence-electron chi connectivity index (χ3n) is 2.83. The molecule has 0 heterocycles. The van der Waals surface area contributed by atoms with E-state index in [9.17, 15) is 4.79 Å². The number of methoxy groups -OCH3 is 1. The summed E-state index contributed by atoms with van der Waals surface area (Å²) in [6.45, 7) is 0. The van der Waals surface area contributed by atoms with Crippen LogP contribution in [-0.4, -0.2) is 12.9 Å². The fourth-order valence-electron chi connectivity index (χ4n) is 1.75. The highest BCUT2D eigenvalue weighted by molar-refractivity contribution is 6.07. The summed E-state index contributed by atoms with van der Waals surface area (Å²) in [6.07, 6.45) is 3.21. The number of ether oxygens (including phenoxy) is 1. The van der Waals surface area contributed by atoms with Crippen molar-refractivity contribution in [3.63, 3.8) is 0 Å². The van der Waals surface area contributed by atoms with Gasteiger partial charge in [0.25, 0.3) is 0 Å². The Kier molecular flexibility index (Phi) is 4.75. The molecule has 2 aromatic carbocycles. The lowest BCUT2D eigenvalue weighted by atomic mass is 10.1. The van der Waals surface area contributed by atoms with Gasteiger partial charge in [-0.05, 0) is 29.3 Å². The van der Waals surface area contributed by atoms with Crippen LogP contribution in [0.1, 0.15) is 15.9 Å². The van der Waals surface area contributed by atoms with Crippen LogP contribution in [0.15, 0.2) is 59.7 Å². The first-order valence-electron chi connectivity index (χ1n) is 6.24. The smallest absolute Gasteiger partial charge is 0.185 e. The molecule has 0 fully saturated rings. The molecule has 5 nitrogen and oxygen atoms in total. The van der Waals surface area contributed by atoms with E-state index in [0.717, 1.165) is 5.56 Å². The van der Waals surface area contributed by atoms with Gasteiger partial charge in [0.1, 0.15) is 5.75 Å². The molecule has 0 radical (unpaired) electrons. The quantitative estimate of drug-likeness (QED) is 0.265. The summed E-state index contributed by atoms with van der Waals surface area (Å²) in [5.41, 5.74) is 10.3. The van der Waals surface area contributed by atoms with Gasteiger partial charge in [-0.3, -0.25) is 4.79 Å². The Morgan fingerprint density at radius 2 is 2.00 bits per heavy atom.